The van der Waals surface area contributed by atoms with Crippen LogP contribution in [0.25, 0.3) is 0 Å². The van der Waals surface area contributed by atoms with Gasteiger partial charge >= 0.3 is 0 Å². The van der Waals surface area contributed by atoms with Crippen molar-refractivity contribution in [3.8, 4) is 0 Å². The molecule has 7 heavy (non-hydrogen) atoms. The average Bonchev–Trinajstić information content (AvgIpc) is 1.68. The molecule has 0 aromatic heterocycles. The van der Waals surface area contributed by atoms with Crippen LogP contribution in [-0.2, 0) is 0 Å². The van der Waals surface area contributed by atoms with Gasteiger partial charge in [-0.2, -0.15) is 0 Å². The first-order valence-electron chi connectivity index (χ1n) is 2.08. The molecule has 0 rings (SSSR count). The molecule has 2 nitrogen and oxygen atoms in total. The molecule has 0 aromatic rings. The van der Waals surface area contributed by atoms with E-state index in [0.29, 0.717) is 12.2 Å². The van der Waals surface area contributed by atoms with E-state index < -0.39 is 0 Å². The zero-order chi connectivity index (χ0) is 5.70. The van der Waals surface area contributed by atoms with E-state index in [9.17, 15) is 0 Å². The van der Waals surface area contributed by atoms with Gasteiger partial charge in [-0.3, -0.25) is 0 Å². The molecule has 0 amide bonds. The molecule has 0 aliphatic rings. The molecule has 0 aromatic carbocycles. The average molecular weight is 98.1 g/mol. The highest BCUT2D eigenvalue weighted by molar-refractivity contribution is 5.07. The van der Waals surface area contributed by atoms with Crippen LogP contribution in [0.1, 0.15) is 0 Å². The smallest absolute Gasteiger partial charge is 0.0326 e. The van der Waals surface area contributed by atoms with Crippen molar-refractivity contribution >= 4 is 0 Å². The van der Waals surface area contributed by atoms with Gasteiger partial charge in [0.05, 0.1) is 0 Å². The maximum absolute atomic E-state index is 5.25. The summed E-state index contributed by atoms with van der Waals surface area (Å²) < 4.78 is 0. The number of allylic oxidation sites excluding steroid dienone is 2. The first-order chi connectivity index (χ1) is 3.31. The predicted octanol–water partition coefficient (Wildman–Crippen LogP) is -0.0263. The van der Waals surface area contributed by atoms with Crippen molar-refractivity contribution in [2.45, 2.75) is 0 Å². The van der Waals surface area contributed by atoms with Crippen LogP contribution in [0.15, 0.2) is 24.4 Å². The molecule has 40 valence electrons. The minimum absolute atomic E-state index is 0.409. The third-order valence-electron chi connectivity index (χ3n) is 0.568. The molecule has 4 N–H and O–H groups in total. The highest BCUT2D eigenvalue weighted by Gasteiger charge is 1.75. The van der Waals surface area contributed by atoms with Crippen LogP contribution < -0.4 is 11.5 Å². The highest BCUT2D eigenvalue weighted by Crippen LogP contribution is 1.76. The quantitative estimate of drug-likeness (QED) is 0.477. The number of hydrogen-bond donors (Lipinski definition) is 2. The van der Waals surface area contributed by atoms with Crippen LogP contribution in [0.4, 0.5) is 0 Å². The minimum atomic E-state index is 0.409. The maximum atomic E-state index is 5.25. The summed E-state index contributed by atoms with van der Waals surface area (Å²) in [6, 6.07) is 0. The van der Waals surface area contributed by atoms with E-state index in [4.69, 9.17) is 11.5 Å². The molecule has 0 fully saturated rings. The van der Waals surface area contributed by atoms with Gasteiger partial charge in [0.2, 0.25) is 0 Å². The Morgan fingerprint density at radius 1 is 1.71 bits per heavy atom. The van der Waals surface area contributed by atoms with Crippen molar-refractivity contribution < 1.29 is 0 Å². The Labute approximate surface area is 43.5 Å². The van der Waals surface area contributed by atoms with Crippen molar-refractivity contribution in [3.63, 3.8) is 0 Å². The Hall–Kier alpha value is -0.760. The van der Waals surface area contributed by atoms with Gasteiger partial charge in [0.15, 0.2) is 0 Å². The Kier molecular flexibility index (Phi) is 3.06. The monoisotopic (exact) mass is 98.1 g/mol. The number of hydrogen-bond acceptors (Lipinski definition) is 2. The first-order valence-corrected chi connectivity index (χ1v) is 2.08. The zero-order valence-electron chi connectivity index (χ0n) is 4.22. The van der Waals surface area contributed by atoms with E-state index in [-0.39, 0.29) is 0 Å². The van der Waals surface area contributed by atoms with Crippen LogP contribution >= 0.6 is 0 Å². The van der Waals surface area contributed by atoms with E-state index in [2.05, 4.69) is 6.58 Å². The van der Waals surface area contributed by atoms with Crippen LogP contribution in [-0.4, -0.2) is 6.54 Å². The summed E-state index contributed by atoms with van der Waals surface area (Å²) in [5.41, 5.74) is 11.0. The summed E-state index contributed by atoms with van der Waals surface area (Å²) in [5, 5.41) is 0. The normalized spacial score (nSPS) is 11.3. The Morgan fingerprint density at radius 3 is 2.43 bits per heavy atom. The van der Waals surface area contributed by atoms with Crippen LogP contribution in [0.2, 0.25) is 0 Å². The molecular weight excluding hydrogens is 88.1 g/mol. The van der Waals surface area contributed by atoms with Gasteiger partial charge in [0.1, 0.15) is 0 Å². The second-order valence-corrected chi connectivity index (χ2v) is 1.18. The largest absolute Gasteiger partial charge is 0.401 e. The second-order valence-electron chi connectivity index (χ2n) is 1.18. The van der Waals surface area contributed by atoms with E-state index in [1.807, 2.05) is 0 Å². The van der Waals surface area contributed by atoms with E-state index in [0.717, 1.165) is 0 Å². The van der Waals surface area contributed by atoms with Gasteiger partial charge in [0.25, 0.3) is 0 Å². The summed E-state index contributed by atoms with van der Waals surface area (Å²) in [6.45, 7) is 3.85. The van der Waals surface area contributed by atoms with E-state index in [1.165, 1.54) is 0 Å². The van der Waals surface area contributed by atoms with Crippen LogP contribution in [0.5, 0.6) is 0 Å². The second kappa shape index (κ2) is 3.43. The lowest BCUT2D eigenvalue weighted by Crippen LogP contribution is -2.10. The Bertz CT molecular complexity index is 84.1. The van der Waals surface area contributed by atoms with Crippen molar-refractivity contribution in [1.29, 1.82) is 0 Å². The Balaban J connectivity index is 3.49. The van der Waals surface area contributed by atoms with E-state index in [1.54, 1.807) is 12.2 Å². The van der Waals surface area contributed by atoms with Gasteiger partial charge in [-0.25, -0.2) is 0 Å². The molecule has 0 unspecified atom stereocenters. The maximum Gasteiger partial charge on any atom is 0.0326 e. The van der Waals surface area contributed by atoms with Gasteiger partial charge in [-0.05, 0) is 6.08 Å². The molecule has 0 atom stereocenters. The molecule has 2 heteroatoms. The molecule has 0 aliphatic carbocycles. The predicted molar refractivity (Wildman–Crippen MR) is 31.5 cm³/mol. The molecule has 0 bridgehead atoms. The molecular formula is C5H10N2. The highest BCUT2D eigenvalue weighted by atomic mass is 14.7. The lowest BCUT2D eigenvalue weighted by molar-refractivity contribution is 1.11. The number of nitrogens with two attached hydrogens (primary N) is 2. The number of rotatable bonds is 2. The lowest BCUT2D eigenvalue weighted by atomic mass is 10.4. The SMILES string of the molecule is C=C/C=C(/N)CN. The molecule has 0 spiro atoms. The van der Waals surface area contributed by atoms with Gasteiger partial charge in [-0.1, -0.05) is 12.7 Å². The molecule has 0 saturated carbocycles. The molecule has 0 heterocycles. The van der Waals surface area contributed by atoms with Crippen molar-refractivity contribution in [2.24, 2.45) is 11.5 Å². The molecule has 0 radical (unpaired) electrons. The van der Waals surface area contributed by atoms with Gasteiger partial charge in [-0.15, -0.1) is 0 Å². The summed E-state index contributed by atoms with van der Waals surface area (Å²) in [6.07, 6.45) is 3.29. The third-order valence-corrected chi connectivity index (χ3v) is 0.568. The molecule has 0 saturated heterocycles. The minimum Gasteiger partial charge on any atom is -0.401 e. The fourth-order valence-corrected chi connectivity index (χ4v) is 0.219. The van der Waals surface area contributed by atoms with E-state index >= 15 is 0 Å². The Morgan fingerprint density at radius 2 is 2.29 bits per heavy atom. The zero-order valence-corrected chi connectivity index (χ0v) is 4.22. The standard InChI is InChI=1S/C5H10N2/c1-2-3-5(7)4-6/h2-3H,1,4,6-7H2/b5-3+. The summed E-state index contributed by atoms with van der Waals surface area (Å²) >= 11 is 0. The van der Waals surface area contributed by atoms with Crippen molar-refractivity contribution in [2.75, 3.05) is 6.54 Å². The van der Waals surface area contributed by atoms with Gasteiger partial charge < -0.3 is 11.5 Å². The fraction of sp³-hybridized carbons (Fsp3) is 0.200. The fourth-order valence-electron chi connectivity index (χ4n) is 0.219. The van der Waals surface area contributed by atoms with Crippen molar-refractivity contribution in [3.05, 3.63) is 24.4 Å². The summed E-state index contributed by atoms with van der Waals surface area (Å²) in [4.78, 5) is 0. The van der Waals surface area contributed by atoms with Crippen molar-refractivity contribution in [1.82, 2.24) is 0 Å². The van der Waals surface area contributed by atoms with Crippen LogP contribution in [0.3, 0.4) is 0 Å². The first kappa shape index (κ1) is 6.24. The van der Waals surface area contributed by atoms with Gasteiger partial charge in [0, 0.05) is 12.2 Å². The van der Waals surface area contributed by atoms with Crippen LogP contribution in [0, 0.1) is 0 Å². The summed E-state index contributed by atoms with van der Waals surface area (Å²) in [7, 11) is 0. The third kappa shape index (κ3) is 3.06. The molecule has 0 aliphatic heterocycles. The lowest BCUT2D eigenvalue weighted by Gasteiger charge is -1.87. The summed E-state index contributed by atoms with van der Waals surface area (Å²) in [5.74, 6) is 0. The topological polar surface area (TPSA) is 52.0 Å².